The molecule has 0 saturated carbocycles. The van der Waals surface area contributed by atoms with Gasteiger partial charge in [-0.3, -0.25) is 14.8 Å². The number of benzene rings is 1. The van der Waals surface area contributed by atoms with Crippen LogP contribution >= 0.6 is 0 Å². The van der Waals surface area contributed by atoms with Crippen LogP contribution in [0, 0.1) is 11.8 Å². The Morgan fingerprint density at radius 2 is 2.15 bits per heavy atom. The molecule has 138 valence electrons. The van der Waals surface area contributed by atoms with Crippen LogP contribution in [0.1, 0.15) is 26.7 Å². The molecule has 2 N–H and O–H groups in total. The Balaban J connectivity index is 1.54. The molecule has 0 spiro atoms. The van der Waals surface area contributed by atoms with Crippen LogP contribution in [0.5, 0.6) is 0 Å². The summed E-state index contributed by atoms with van der Waals surface area (Å²) in [6.07, 6.45) is 8.22. The summed E-state index contributed by atoms with van der Waals surface area (Å²) in [7, 11) is 0. The zero-order valence-corrected chi connectivity index (χ0v) is 15.6. The third kappa shape index (κ3) is 5.05. The number of piperidine rings is 1. The minimum Gasteiger partial charge on any atom is -0.326 e. The number of hydrogen-bond donors (Lipinski definition) is 2. The Morgan fingerprint density at radius 3 is 2.85 bits per heavy atom. The van der Waals surface area contributed by atoms with Gasteiger partial charge >= 0.3 is 0 Å². The summed E-state index contributed by atoms with van der Waals surface area (Å²) < 4.78 is 0. The summed E-state index contributed by atoms with van der Waals surface area (Å²) in [5.74, 6) is 0.754. The number of nitrogens with zero attached hydrogens (tertiary/aromatic N) is 2. The van der Waals surface area contributed by atoms with Gasteiger partial charge in [-0.25, -0.2) is 0 Å². The second kappa shape index (κ2) is 8.81. The SMILES string of the molecule is CC(C)C=CCN1CCCC(C(=O)Nc2ccc(-c3ccn[nH]3)cc2)C1. The molecule has 1 amide bonds. The van der Waals surface area contributed by atoms with E-state index in [9.17, 15) is 4.79 Å². The molecule has 0 radical (unpaired) electrons. The van der Waals surface area contributed by atoms with Gasteiger partial charge in [0, 0.05) is 25.0 Å². The first-order valence-corrected chi connectivity index (χ1v) is 9.41. The Morgan fingerprint density at radius 1 is 1.35 bits per heavy atom. The molecule has 1 unspecified atom stereocenters. The van der Waals surface area contributed by atoms with E-state index in [4.69, 9.17) is 0 Å². The average molecular weight is 352 g/mol. The van der Waals surface area contributed by atoms with E-state index >= 15 is 0 Å². The van der Waals surface area contributed by atoms with E-state index in [2.05, 4.69) is 46.4 Å². The second-order valence-corrected chi connectivity index (χ2v) is 7.31. The number of likely N-dealkylation sites (tertiary alicyclic amines) is 1. The highest BCUT2D eigenvalue weighted by Crippen LogP contribution is 2.21. The largest absolute Gasteiger partial charge is 0.326 e. The molecule has 0 bridgehead atoms. The summed E-state index contributed by atoms with van der Waals surface area (Å²) in [5.41, 5.74) is 2.87. The minimum atomic E-state index is 0.0588. The van der Waals surface area contributed by atoms with Gasteiger partial charge in [-0.15, -0.1) is 0 Å². The molecule has 5 heteroatoms. The van der Waals surface area contributed by atoms with Gasteiger partial charge in [0.25, 0.3) is 0 Å². The third-order valence-electron chi connectivity index (χ3n) is 4.73. The zero-order valence-electron chi connectivity index (χ0n) is 15.6. The standard InChI is InChI=1S/C21H28N4O/c1-16(2)5-3-13-25-14-4-6-18(15-25)21(26)23-19-9-7-17(8-10-19)20-11-12-22-24-20/h3,5,7-12,16,18H,4,6,13-15H2,1-2H3,(H,22,24)(H,23,26). The average Bonchev–Trinajstić information content (AvgIpc) is 3.17. The number of anilines is 1. The van der Waals surface area contributed by atoms with Crippen molar-refractivity contribution in [3.05, 3.63) is 48.7 Å². The summed E-state index contributed by atoms with van der Waals surface area (Å²) in [6, 6.07) is 9.80. The van der Waals surface area contributed by atoms with Gasteiger partial charge in [-0.2, -0.15) is 5.10 Å². The van der Waals surface area contributed by atoms with Crippen LogP contribution in [0.2, 0.25) is 0 Å². The predicted molar refractivity (Wildman–Crippen MR) is 106 cm³/mol. The van der Waals surface area contributed by atoms with Crippen LogP contribution in [0.4, 0.5) is 5.69 Å². The maximum atomic E-state index is 12.6. The maximum Gasteiger partial charge on any atom is 0.228 e. The van der Waals surface area contributed by atoms with Crippen LogP contribution in [-0.2, 0) is 4.79 Å². The monoisotopic (exact) mass is 352 g/mol. The quantitative estimate of drug-likeness (QED) is 0.774. The number of allylic oxidation sites excluding steroid dienone is 1. The molecule has 26 heavy (non-hydrogen) atoms. The number of carbonyl (C=O) groups excluding carboxylic acids is 1. The fourth-order valence-electron chi connectivity index (χ4n) is 3.31. The number of amides is 1. The molecule has 5 nitrogen and oxygen atoms in total. The predicted octanol–water partition coefficient (Wildman–Crippen LogP) is 3.94. The first-order chi connectivity index (χ1) is 12.6. The van der Waals surface area contributed by atoms with E-state index in [1.54, 1.807) is 6.20 Å². The number of carbonyl (C=O) groups is 1. The molecule has 1 aromatic carbocycles. The summed E-state index contributed by atoms with van der Waals surface area (Å²) >= 11 is 0. The summed E-state index contributed by atoms with van der Waals surface area (Å²) in [6.45, 7) is 7.20. The summed E-state index contributed by atoms with van der Waals surface area (Å²) in [4.78, 5) is 15.0. The van der Waals surface area contributed by atoms with Crippen molar-refractivity contribution in [3.63, 3.8) is 0 Å². The highest BCUT2D eigenvalue weighted by atomic mass is 16.1. The van der Waals surface area contributed by atoms with Gasteiger partial charge < -0.3 is 5.32 Å². The zero-order chi connectivity index (χ0) is 18.4. The lowest BCUT2D eigenvalue weighted by Gasteiger charge is -2.31. The lowest BCUT2D eigenvalue weighted by Crippen LogP contribution is -2.40. The van der Waals surface area contributed by atoms with E-state index in [1.165, 1.54) is 0 Å². The lowest BCUT2D eigenvalue weighted by molar-refractivity contribution is -0.121. The van der Waals surface area contributed by atoms with Crippen molar-refractivity contribution in [1.82, 2.24) is 15.1 Å². The van der Waals surface area contributed by atoms with Gasteiger partial charge in [-0.05, 0) is 49.1 Å². The third-order valence-corrected chi connectivity index (χ3v) is 4.73. The van der Waals surface area contributed by atoms with Gasteiger partial charge in [0.2, 0.25) is 5.91 Å². The molecule has 0 aliphatic carbocycles. The molecular weight excluding hydrogens is 324 g/mol. The van der Waals surface area contributed by atoms with Gasteiger partial charge in [0.1, 0.15) is 0 Å². The number of aromatic amines is 1. The number of hydrogen-bond acceptors (Lipinski definition) is 3. The first kappa shape index (κ1) is 18.4. The van der Waals surface area contributed by atoms with Crippen molar-refractivity contribution in [1.29, 1.82) is 0 Å². The highest BCUT2D eigenvalue weighted by molar-refractivity contribution is 5.93. The van der Waals surface area contributed by atoms with Crippen LogP contribution in [0.25, 0.3) is 11.3 Å². The van der Waals surface area contributed by atoms with Crippen molar-refractivity contribution in [2.75, 3.05) is 25.0 Å². The van der Waals surface area contributed by atoms with E-state index in [0.29, 0.717) is 5.92 Å². The molecule has 1 aromatic heterocycles. The molecule has 2 heterocycles. The van der Waals surface area contributed by atoms with E-state index < -0.39 is 0 Å². The Hall–Kier alpha value is -2.40. The number of rotatable bonds is 6. The van der Waals surface area contributed by atoms with Crippen molar-refractivity contribution >= 4 is 11.6 Å². The molecule has 1 aliphatic heterocycles. The fraction of sp³-hybridized carbons (Fsp3) is 0.429. The van der Waals surface area contributed by atoms with Crippen LogP contribution < -0.4 is 5.32 Å². The lowest BCUT2D eigenvalue weighted by atomic mass is 9.97. The minimum absolute atomic E-state index is 0.0588. The Labute approximate surface area is 155 Å². The smallest absolute Gasteiger partial charge is 0.228 e. The number of nitrogens with one attached hydrogen (secondary N) is 2. The molecule has 2 aromatic rings. The molecule has 1 atom stereocenters. The van der Waals surface area contributed by atoms with Gasteiger partial charge in [0.15, 0.2) is 0 Å². The fourth-order valence-corrected chi connectivity index (χ4v) is 3.31. The second-order valence-electron chi connectivity index (χ2n) is 7.31. The molecule has 1 aliphatic rings. The van der Waals surface area contributed by atoms with Crippen molar-refractivity contribution < 1.29 is 4.79 Å². The van der Waals surface area contributed by atoms with E-state index in [1.807, 2.05) is 30.3 Å². The number of H-pyrrole nitrogens is 1. The molecule has 1 saturated heterocycles. The van der Waals surface area contributed by atoms with Gasteiger partial charge in [-0.1, -0.05) is 38.1 Å². The summed E-state index contributed by atoms with van der Waals surface area (Å²) in [5, 5.41) is 9.98. The van der Waals surface area contributed by atoms with Crippen molar-refractivity contribution in [3.8, 4) is 11.3 Å². The topological polar surface area (TPSA) is 61.0 Å². The first-order valence-electron chi connectivity index (χ1n) is 9.41. The Bertz CT molecular complexity index is 719. The van der Waals surface area contributed by atoms with E-state index in [0.717, 1.165) is 49.4 Å². The van der Waals surface area contributed by atoms with Crippen LogP contribution in [0.15, 0.2) is 48.7 Å². The van der Waals surface area contributed by atoms with Crippen LogP contribution in [0.3, 0.4) is 0 Å². The molecule has 3 rings (SSSR count). The van der Waals surface area contributed by atoms with Gasteiger partial charge in [0.05, 0.1) is 11.6 Å². The maximum absolute atomic E-state index is 12.6. The highest BCUT2D eigenvalue weighted by Gasteiger charge is 2.25. The van der Waals surface area contributed by atoms with Crippen molar-refractivity contribution in [2.45, 2.75) is 26.7 Å². The van der Waals surface area contributed by atoms with Crippen molar-refractivity contribution in [2.24, 2.45) is 11.8 Å². The Kier molecular flexibility index (Phi) is 6.23. The molecule has 1 fully saturated rings. The van der Waals surface area contributed by atoms with E-state index in [-0.39, 0.29) is 11.8 Å². The normalized spacial score (nSPS) is 18.5. The number of aromatic nitrogens is 2. The molecular formula is C21H28N4O. The van der Waals surface area contributed by atoms with Crippen LogP contribution in [-0.4, -0.2) is 40.6 Å².